The molecular weight excluding hydrogens is 165 g/mol. The van der Waals surface area contributed by atoms with E-state index < -0.39 is 0 Å². The zero-order chi connectivity index (χ0) is 9.47. The van der Waals surface area contributed by atoms with Gasteiger partial charge in [-0.05, 0) is 43.4 Å². The Kier molecular flexibility index (Phi) is 1.88. The molecule has 2 rings (SSSR count). The van der Waals surface area contributed by atoms with E-state index >= 15 is 0 Å². The highest BCUT2D eigenvalue weighted by Crippen LogP contribution is 2.35. The Labute approximate surface area is 77.8 Å². The SMILES string of the molecule is Cc1ccc(CC2(N)CC2)cc1F. The van der Waals surface area contributed by atoms with E-state index in [2.05, 4.69) is 0 Å². The van der Waals surface area contributed by atoms with Crippen molar-refractivity contribution in [1.82, 2.24) is 0 Å². The minimum Gasteiger partial charge on any atom is -0.325 e. The molecule has 0 bridgehead atoms. The largest absolute Gasteiger partial charge is 0.325 e. The Morgan fingerprint density at radius 1 is 1.46 bits per heavy atom. The number of benzene rings is 1. The lowest BCUT2D eigenvalue weighted by Crippen LogP contribution is -2.24. The monoisotopic (exact) mass is 179 g/mol. The number of aryl methyl sites for hydroxylation is 1. The molecule has 1 aromatic rings. The van der Waals surface area contributed by atoms with Crippen molar-refractivity contribution in [3.8, 4) is 0 Å². The van der Waals surface area contributed by atoms with Gasteiger partial charge in [-0.15, -0.1) is 0 Å². The van der Waals surface area contributed by atoms with Crippen molar-refractivity contribution in [3.05, 3.63) is 35.1 Å². The maximum atomic E-state index is 13.1. The van der Waals surface area contributed by atoms with Gasteiger partial charge in [-0.3, -0.25) is 0 Å². The van der Waals surface area contributed by atoms with E-state index in [1.165, 1.54) is 0 Å². The third kappa shape index (κ3) is 1.89. The number of nitrogens with two attached hydrogens (primary N) is 1. The lowest BCUT2D eigenvalue weighted by molar-refractivity contribution is 0.609. The molecule has 1 aliphatic carbocycles. The molecule has 0 spiro atoms. The first-order chi connectivity index (χ1) is 6.09. The summed E-state index contributed by atoms with van der Waals surface area (Å²) < 4.78 is 13.1. The first-order valence-electron chi connectivity index (χ1n) is 4.63. The fourth-order valence-electron chi connectivity index (χ4n) is 1.49. The maximum Gasteiger partial charge on any atom is 0.126 e. The predicted octanol–water partition coefficient (Wildman–Crippen LogP) is 2.17. The van der Waals surface area contributed by atoms with Crippen molar-refractivity contribution in [2.24, 2.45) is 5.73 Å². The number of hydrogen-bond donors (Lipinski definition) is 1. The minimum absolute atomic E-state index is 0.0261. The van der Waals surface area contributed by atoms with Crippen molar-refractivity contribution < 1.29 is 4.39 Å². The van der Waals surface area contributed by atoms with Crippen molar-refractivity contribution in [3.63, 3.8) is 0 Å². The van der Waals surface area contributed by atoms with Gasteiger partial charge in [0.05, 0.1) is 0 Å². The van der Waals surface area contributed by atoms with Gasteiger partial charge in [-0.25, -0.2) is 4.39 Å². The number of halogens is 1. The van der Waals surface area contributed by atoms with Crippen LogP contribution in [0.25, 0.3) is 0 Å². The second-order valence-electron chi connectivity index (χ2n) is 4.12. The molecule has 0 heterocycles. The van der Waals surface area contributed by atoms with Crippen LogP contribution >= 0.6 is 0 Å². The molecule has 1 nitrogen and oxygen atoms in total. The van der Waals surface area contributed by atoms with Gasteiger partial charge in [0, 0.05) is 5.54 Å². The van der Waals surface area contributed by atoms with Gasteiger partial charge >= 0.3 is 0 Å². The molecule has 0 unspecified atom stereocenters. The smallest absolute Gasteiger partial charge is 0.126 e. The van der Waals surface area contributed by atoms with Crippen LogP contribution in [0, 0.1) is 12.7 Å². The van der Waals surface area contributed by atoms with E-state index in [1.807, 2.05) is 12.1 Å². The fourth-order valence-corrected chi connectivity index (χ4v) is 1.49. The average Bonchev–Trinajstić information content (AvgIpc) is 2.76. The van der Waals surface area contributed by atoms with E-state index in [4.69, 9.17) is 5.73 Å². The summed E-state index contributed by atoms with van der Waals surface area (Å²) in [5, 5.41) is 0. The maximum absolute atomic E-state index is 13.1. The molecular formula is C11H14FN. The van der Waals surface area contributed by atoms with Crippen LogP contribution in [-0.4, -0.2) is 5.54 Å². The molecule has 70 valence electrons. The van der Waals surface area contributed by atoms with Crippen LogP contribution in [0.4, 0.5) is 4.39 Å². The quantitative estimate of drug-likeness (QED) is 0.739. The number of rotatable bonds is 2. The van der Waals surface area contributed by atoms with Gasteiger partial charge in [-0.2, -0.15) is 0 Å². The second-order valence-corrected chi connectivity index (χ2v) is 4.12. The average molecular weight is 179 g/mol. The van der Waals surface area contributed by atoms with Crippen LogP contribution in [0.1, 0.15) is 24.0 Å². The van der Waals surface area contributed by atoms with Gasteiger partial charge in [0.1, 0.15) is 5.82 Å². The Balaban J connectivity index is 2.17. The Hall–Kier alpha value is -0.890. The lowest BCUT2D eigenvalue weighted by Gasteiger charge is -2.08. The summed E-state index contributed by atoms with van der Waals surface area (Å²) in [6.45, 7) is 1.77. The third-order valence-electron chi connectivity index (χ3n) is 2.68. The second kappa shape index (κ2) is 2.81. The van der Waals surface area contributed by atoms with Gasteiger partial charge in [-0.1, -0.05) is 12.1 Å². The molecule has 1 fully saturated rings. The van der Waals surface area contributed by atoms with Crippen molar-refractivity contribution in [2.45, 2.75) is 31.7 Å². The van der Waals surface area contributed by atoms with E-state index in [1.54, 1.807) is 13.0 Å². The lowest BCUT2D eigenvalue weighted by atomic mass is 10.0. The summed E-state index contributed by atoms with van der Waals surface area (Å²) in [5.74, 6) is -0.123. The molecule has 0 amide bonds. The fraction of sp³-hybridized carbons (Fsp3) is 0.455. The molecule has 2 N–H and O–H groups in total. The molecule has 1 saturated carbocycles. The van der Waals surface area contributed by atoms with Crippen LogP contribution in [0.5, 0.6) is 0 Å². The molecule has 13 heavy (non-hydrogen) atoms. The summed E-state index contributed by atoms with van der Waals surface area (Å²) in [6, 6.07) is 5.38. The van der Waals surface area contributed by atoms with Gasteiger partial charge in [0.15, 0.2) is 0 Å². The first kappa shape index (κ1) is 8.70. The van der Waals surface area contributed by atoms with Gasteiger partial charge in [0.2, 0.25) is 0 Å². The third-order valence-corrected chi connectivity index (χ3v) is 2.68. The standard InChI is InChI=1S/C11H14FN/c1-8-2-3-9(6-10(8)12)7-11(13)4-5-11/h2-3,6H,4-5,7,13H2,1H3. The van der Waals surface area contributed by atoms with Crippen molar-refractivity contribution in [2.75, 3.05) is 0 Å². The summed E-state index contributed by atoms with van der Waals surface area (Å²) >= 11 is 0. The van der Waals surface area contributed by atoms with Crippen LogP contribution < -0.4 is 5.73 Å². The van der Waals surface area contributed by atoms with Crippen molar-refractivity contribution >= 4 is 0 Å². The number of hydrogen-bond acceptors (Lipinski definition) is 1. The Bertz CT molecular complexity index is 329. The van der Waals surface area contributed by atoms with Crippen LogP contribution in [0.15, 0.2) is 18.2 Å². The topological polar surface area (TPSA) is 26.0 Å². The highest BCUT2D eigenvalue weighted by molar-refractivity contribution is 5.26. The van der Waals surface area contributed by atoms with E-state index in [0.717, 1.165) is 24.8 Å². The van der Waals surface area contributed by atoms with Crippen LogP contribution in [-0.2, 0) is 6.42 Å². The Morgan fingerprint density at radius 3 is 2.69 bits per heavy atom. The van der Waals surface area contributed by atoms with Gasteiger partial charge < -0.3 is 5.73 Å². The van der Waals surface area contributed by atoms with Crippen molar-refractivity contribution in [1.29, 1.82) is 0 Å². The summed E-state index contributed by atoms with van der Waals surface area (Å²) in [6.07, 6.45) is 2.95. The molecule has 0 aromatic heterocycles. The molecule has 0 radical (unpaired) electrons. The predicted molar refractivity (Wildman–Crippen MR) is 51.0 cm³/mol. The minimum atomic E-state index is -0.123. The van der Waals surface area contributed by atoms with Gasteiger partial charge in [0.25, 0.3) is 0 Å². The molecule has 1 aliphatic rings. The zero-order valence-electron chi connectivity index (χ0n) is 7.81. The van der Waals surface area contributed by atoms with Crippen LogP contribution in [0.2, 0.25) is 0 Å². The Morgan fingerprint density at radius 2 is 2.15 bits per heavy atom. The van der Waals surface area contributed by atoms with E-state index in [0.29, 0.717) is 5.56 Å². The van der Waals surface area contributed by atoms with E-state index in [-0.39, 0.29) is 11.4 Å². The normalized spacial score (nSPS) is 18.7. The molecule has 1 aromatic carbocycles. The zero-order valence-corrected chi connectivity index (χ0v) is 7.81. The molecule has 0 atom stereocenters. The summed E-state index contributed by atoms with van der Waals surface area (Å²) in [4.78, 5) is 0. The van der Waals surface area contributed by atoms with Crippen LogP contribution in [0.3, 0.4) is 0 Å². The molecule has 0 saturated heterocycles. The van der Waals surface area contributed by atoms with E-state index in [9.17, 15) is 4.39 Å². The molecule has 2 heteroatoms. The summed E-state index contributed by atoms with van der Waals surface area (Å²) in [7, 11) is 0. The first-order valence-corrected chi connectivity index (χ1v) is 4.63. The highest BCUT2D eigenvalue weighted by atomic mass is 19.1. The highest BCUT2D eigenvalue weighted by Gasteiger charge is 2.37. The molecule has 0 aliphatic heterocycles. The summed E-state index contributed by atoms with van der Waals surface area (Å²) in [5.41, 5.74) is 7.63.